The highest BCUT2D eigenvalue weighted by atomic mass is 16.5. The Balaban J connectivity index is 1.99. The molecule has 0 spiro atoms. The van der Waals surface area contributed by atoms with E-state index < -0.39 is 0 Å². The molecule has 19 heavy (non-hydrogen) atoms. The summed E-state index contributed by atoms with van der Waals surface area (Å²) in [5, 5.41) is 5.69. The zero-order valence-corrected chi connectivity index (χ0v) is 10.2. The minimum Gasteiger partial charge on any atom is -0.338 e. The van der Waals surface area contributed by atoms with Crippen LogP contribution in [0.15, 0.2) is 28.8 Å². The molecule has 1 amide bonds. The summed E-state index contributed by atoms with van der Waals surface area (Å²) in [5.74, 6) is 0.859. The lowest BCUT2D eigenvalue weighted by atomic mass is 10.1. The molecule has 0 saturated carbocycles. The normalized spacial score (nSPS) is 14.8. The predicted octanol–water partition coefficient (Wildman–Crippen LogP) is 0.437. The largest absolute Gasteiger partial charge is 0.338 e. The predicted molar refractivity (Wildman–Crippen MR) is 67.7 cm³/mol. The van der Waals surface area contributed by atoms with E-state index in [1.807, 2.05) is 24.3 Å². The van der Waals surface area contributed by atoms with Crippen molar-refractivity contribution >= 4 is 11.6 Å². The molecule has 0 aliphatic carbocycles. The molecule has 1 aliphatic rings. The zero-order valence-electron chi connectivity index (χ0n) is 10.2. The fourth-order valence-electron chi connectivity index (χ4n) is 2.00. The van der Waals surface area contributed by atoms with E-state index in [1.165, 1.54) is 0 Å². The number of para-hydroxylation sites is 1. The highest BCUT2D eigenvalue weighted by molar-refractivity contribution is 5.84. The minimum atomic E-state index is 0.00515. The summed E-state index contributed by atoms with van der Waals surface area (Å²) in [6, 6.07) is 7.56. The number of hydrogen-bond acceptors (Lipinski definition) is 6. The lowest BCUT2D eigenvalue weighted by Gasteiger charge is -2.19. The molecule has 7 nitrogen and oxygen atoms in total. The molecular weight excluding hydrogens is 246 g/mol. The molecule has 2 heterocycles. The van der Waals surface area contributed by atoms with Gasteiger partial charge in [-0.05, 0) is 12.1 Å². The molecule has 7 heteroatoms. The molecule has 0 unspecified atom stereocenters. The first-order valence-corrected chi connectivity index (χ1v) is 5.97. The highest BCUT2D eigenvalue weighted by Gasteiger charge is 2.22. The molecule has 98 valence electrons. The van der Waals surface area contributed by atoms with E-state index in [0.29, 0.717) is 24.7 Å². The molecule has 0 radical (unpaired) electrons. The fourth-order valence-corrected chi connectivity index (χ4v) is 2.00. The van der Waals surface area contributed by atoms with Gasteiger partial charge in [-0.2, -0.15) is 4.98 Å². The monoisotopic (exact) mass is 259 g/mol. The van der Waals surface area contributed by atoms with Gasteiger partial charge in [-0.3, -0.25) is 15.2 Å². The van der Waals surface area contributed by atoms with Crippen LogP contribution in [0.5, 0.6) is 0 Å². The van der Waals surface area contributed by atoms with Gasteiger partial charge in [0, 0.05) is 18.5 Å². The Bertz CT molecular complexity index is 610. The molecule has 2 aromatic rings. The first-order chi connectivity index (χ1) is 9.28. The van der Waals surface area contributed by atoms with Crippen molar-refractivity contribution in [2.24, 2.45) is 5.73 Å². The van der Waals surface area contributed by atoms with E-state index >= 15 is 0 Å². The fraction of sp³-hybridized carbons (Fsp3) is 0.250. The minimum absolute atomic E-state index is 0.00515. The number of nitrogens with zero attached hydrogens (tertiary/aromatic N) is 3. The lowest BCUT2D eigenvalue weighted by Crippen LogP contribution is -2.33. The van der Waals surface area contributed by atoms with Gasteiger partial charge in [0.05, 0.1) is 12.2 Å². The van der Waals surface area contributed by atoms with Crippen LogP contribution < -0.4 is 16.2 Å². The Morgan fingerprint density at radius 2 is 2.26 bits per heavy atom. The van der Waals surface area contributed by atoms with Crippen LogP contribution in [0, 0.1) is 0 Å². The summed E-state index contributed by atoms with van der Waals surface area (Å²) in [4.78, 5) is 15.5. The highest BCUT2D eigenvalue weighted by Crippen LogP contribution is 2.29. The average Bonchev–Trinajstić information content (AvgIpc) is 3.07. The maximum absolute atomic E-state index is 11.3. The van der Waals surface area contributed by atoms with Crippen LogP contribution in [0.2, 0.25) is 0 Å². The summed E-state index contributed by atoms with van der Waals surface area (Å²) in [6.45, 7) is 0.826. The Morgan fingerprint density at radius 1 is 1.42 bits per heavy atom. The number of nitrogens with two attached hydrogens (primary N) is 1. The molecule has 1 saturated heterocycles. The number of hydrazine groups is 1. The number of anilines is 1. The van der Waals surface area contributed by atoms with E-state index in [1.54, 1.807) is 5.01 Å². The number of carbonyl (C=O) groups excluding carboxylic acids is 1. The summed E-state index contributed by atoms with van der Waals surface area (Å²) in [5.41, 5.74) is 9.88. The standard InChI is InChI=1S/C12H13N5O2/c13-7-11-14-12(16-19-11)8-3-1-2-4-9(8)17-6-5-10(18)15-17/h1-4H,5-7,13H2,(H,15,18). The van der Waals surface area contributed by atoms with Crippen LogP contribution in [0.1, 0.15) is 12.3 Å². The van der Waals surface area contributed by atoms with Gasteiger partial charge in [-0.1, -0.05) is 17.3 Å². The average molecular weight is 259 g/mol. The van der Waals surface area contributed by atoms with E-state index in [0.717, 1.165) is 11.3 Å². The molecule has 1 aromatic carbocycles. The van der Waals surface area contributed by atoms with Gasteiger partial charge in [0.25, 0.3) is 0 Å². The summed E-state index contributed by atoms with van der Waals surface area (Å²) < 4.78 is 5.02. The van der Waals surface area contributed by atoms with Gasteiger partial charge < -0.3 is 10.3 Å². The molecule has 0 atom stereocenters. The molecular formula is C12H13N5O2. The van der Waals surface area contributed by atoms with E-state index in [9.17, 15) is 4.79 Å². The van der Waals surface area contributed by atoms with Gasteiger partial charge in [0.2, 0.25) is 17.6 Å². The molecule has 1 aliphatic heterocycles. The third-order valence-corrected chi connectivity index (χ3v) is 2.90. The van der Waals surface area contributed by atoms with Gasteiger partial charge in [-0.25, -0.2) is 0 Å². The molecule has 1 aromatic heterocycles. The van der Waals surface area contributed by atoms with Crippen LogP contribution in [0.25, 0.3) is 11.4 Å². The molecule has 1 fully saturated rings. The van der Waals surface area contributed by atoms with Crippen molar-refractivity contribution in [2.75, 3.05) is 11.6 Å². The summed E-state index contributed by atoms with van der Waals surface area (Å²) in [6.07, 6.45) is 0.481. The van der Waals surface area contributed by atoms with E-state index in [-0.39, 0.29) is 12.5 Å². The van der Waals surface area contributed by atoms with E-state index in [2.05, 4.69) is 15.6 Å². The van der Waals surface area contributed by atoms with Crippen molar-refractivity contribution in [1.82, 2.24) is 15.6 Å². The van der Waals surface area contributed by atoms with E-state index in [4.69, 9.17) is 10.3 Å². The van der Waals surface area contributed by atoms with Crippen molar-refractivity contribution in [2.45, 2.75) is 13.0 Å². The summed E-state index contributed by atoms with van der Waals surface area (Å²) >= 11 is 0. The van der Waals surface area contributed by atoms with Crippen LogP contribution in [0.4, 0.5) is 5.69 Å². The maximum Gasteiger partial charge on any atom is 0.240 e. The number of aromatic nitrogens is 2. The molecule has 3 N–H and O–H groups in total. The van der Waals surface area contributed by atoms with Crippen LogP contribution >= 0.6 is 0 Å². The number of hydrogen-bond donors (Lipinski definition) is 2. The maximum atomic E-state index is 11.3. The number of rotatable bonds is 3. The number of nitrogens with one attached hydrogen (secondary N) is 1. The van der Waals surface area contributed by atoms with Crippen LogP contribution in [-0.4, -0.2) is 22.6 Å². The second-order valence-corrected chi connectivity index (χ2v) is 4.17. The number of amides is 1. The Hall–Kier alpha value is -2.41. The second kappa shape index (κ2) is 4.69. The SMILES string of the molecule is NCc1nc(-c2ccccc2N2CCC(=O)N2)no1. The Morgan fingerprint density at radius 3 is 2.95 bits per heavy atom. The van der Waals surface area contributed by atoms with Crippen molar-refractivity contribution in [3.63, 3.8) is 0 Å². The topological polar surface area (TPSA) is 97.3 Å². The van der Waals surface area contributed by atoms with Gasteiger partial charge in [0.15, 0.2) is 0 Å². The van der Waals surface area contributed by atoms with Gasteiger partial charge in [-0.15, -0.1) is 0 Å². The zero-order chi connectivity index (χ0) is 13.2. The third-order valence-electron chi connectivity index (χ3n) is 2.90. The third kappa shape index (κ3) is 2.15. The smallest absolute Gasteiger partial charge is 0.240 e. The molecule has 3 rings (SSSR count). The summed E-state index contributed by atoms with van der Waals surface area (Å²) in [7, 11) is 0. The lowest BCUT2D eigenvalue weighted by molar-refractivity contribution is -0.119. The van der Waals surface area contributed by atoms with Crippen molar-refractivity contribution in [3.8, 4) is 11.4 Å². The molecule has 0 bridgehead atoms. The number of carbonyl (C=O) groups is 1. The van der Waals surface area contributed by atoms with Gasteiger partial charge >= 0.3 is 0 Å². The quantitative estimate of drug-likeness (QED) is 0.830. The first kappa shape index (κ1) is 11.7. The van der Waals surface area contributed by atoms with Gasteiger partial charge in [0.1, 0.15) is 0 Å². The first-order valence-electron chi connectivity index (χ1n) is 5.97. The second-order valence-electron chi connectivity index (χ2n) is 4.17. The van der Waals surface area contributed by atoms with Crippen molar-refractivity contribution < 1.29 is 9.32 Å². The van der Waals surface area contributed by atoms with Crippen LogP contribution in [0.3, 0.4) is 0 Å². The van der Waals surface area contributed by atoms with Crippen LogP contribution in [-0.2, 0) is 11.3 Å². The number of benzene rings is 1. The Kier molecular flexibility index (Phi) is 2.88. The van der Waals surface area contributed by atoms with Crippen molar-refractivity contribution in [1.29, 1.82) is 0 Å². The van der Waals surface area contributed by atoms with Crippen molar-refractivity contribution in [3.05, 3.63) is 30.2 Å². The Labute approximate surface area is 109 Å².